The minimum absolute atomic E-state index is 0.261. The van der Waals surface area contributed by atoms with Crippen LogP contribution in [-0.2, 0) is 6.54 Å². The van der Waals surface area contributed by atoms with Crippen molar-refractivity contribution in [2.45, 2.75) is 6.54 Å². The van der Waals surface area contributed by atoms with Crippen LogP contribution in [0.25, 0.3) is 0 Å². The Hall–Kier alpha value is -1.47. The number of nitro benzene ring substituents is 1. The van der Waals surface area contributed by atoms with E-state index in [0.717, 1.165) is 15.4 Å². The van der Waals surface area contributed by atoms with Crippen molar-refractivity contribution in [2.75, 3.05) is 5.32 Å². The molecular weight excluding hydrogens is 323 g/mol. The van der Waals surface area contributed by atoms with Gasteiger partial charge < -0.3 is 5.32 Å². The monoisotopic (exact) mass is 330 g/mol. The van der Waals surface area contributed by atoms with Crippen molar-refractivity contribution < 1.29 is 9.31 Å². The van der Waals surface area contributed by atoms with E-state index in [4.69, 9.17) is 0 Å². The lowest BCUT2D eigenvalue weighted by Crippen LogP contribution is -1.99. The second-order valence-electron chi connectivity index (χ2n) is 3.50. The summed E-state index contributed by atoms with van der Waals surface area (Å²) in [7, 11) is 0. The first kappa shape index (κ1) is 13.0. The average Bonchev–Trinajstić information content (AvgIpc) is 2.71. The van der Waals surface area contributed by atoms with Gasteiger partial charge in [-0.15, -0.1) is 11.3 Å². The molecule has 18 heavy (non-hydrogen) atoms. The number of non-ortho nitro benzene ring substituents is 1. The maximum atomic E-state index is 13.2. The summed E-state index contributed by atoms with van der Waals surface area (Å²) in [5, 5.41) is 15.5. The highest BCUT2D eigenvalue weighted by Gasteiger charge is 2.10. The van der Waals surface area contributed by atoms with Gasteiger partial charge in [0, 0.05) is 21.1 Å². The number of anilines is 1. The predicted octanol–water partition coefficient (Wildman–Crippen LogP) is 4.17. The fourth-order valence-electron chi connectivity index (χ4n) is 1.42. The minimum atomic E-state index is -0.628. The van der Waals surface area contributed by atoms with E-state index in [-0.39, 0.29) is 5.69 Å². The summed E-state index contributed by atoms with van der Waals surface area (Å²) in [6.45, 7) is 0.485. The van der Waals surface area contributed by atoms with E-state index >= 15 is 0 Å². The number of thiophene rings is 1. The minimum Gasteiger partial charge on any atom is -0.380 e. The largest absolute Gasteiger partial charge is 0.380 e. The third-order valence-electron chi connectivity index (χ3n) is 2.24. The number of rotatable bonds is 4. The van der Waals surface area contributed by atoms with E-state index in [1.54, 1.807) is 11.3 Å². The molecule has 2 rings (SSSR count). The molecule has 0 atom stereocenters. The van der Waals surface area contributed by atoms with Gasteiger partial charge in [-0.05, 0) is 33.4 Å². The van der Waals surface area contributed by atoms with Crippen LogP contribution in [0.2, 0.25) is 0 Å². The molecule has 94 valence electrons. The lowest BCUT2D eigenvalue weighted by Gasteiger charge is -2.05. The number of nitro groups is 1. The van der Waals surface area contributed by atoms with Gasteiger partial charge >= 0.3 is 0 Å². The number of nitrogens with zero attached hydrogens (tertiary/aromatic N) is 1. The molecule has 0 spiro atoms. The Morgan fingerprint density at radius 1 is 1.44 bits per heavy atom. The molecule has 1 aromatic heterocycles. The van der Waals surface area contributed by atoms with E-state index in [9.17, 15) is 14.5 Å². The Balaban J connectivity index is 2.14. The van der Waals surface area contributed by atoms with Gasteiger partial charge in [-0.2, -0.15) is 0 Å². The van der Waals surface area contributed by atoms with E-state index in [2.05, 4.69) is 21.2 Å². The highest BCUT2D eigenvalue weighted by molar-refractivity contribution is 9.10. The van der Waals surface area contributed by atoms with Crippen LogP contribution in [0.3, 0.4) is 0 Å². The van der Waals surface area contributed by atoms with E-state index in [1.807, 2.05) is 11.4 Å². The van der Waals surface area contributed by atoms with Crippen LogP contribution in [0.1, 0.15) is 4.88 Å². The number of benzene rings is 1. The first-order valence-corrected chi connectivity index (χ1v) is 6.64. The molecule has 0 fully saturated rings. The van der Waals surface area contributed by atoms with Crippen molar-refractivity contribution in [1.29, 1.82) is 0 Å². The SMILES string of the molecule is O=[N+]([O-])c1cc(F)cc(NCc2sccc2Br)c1. The summed E-state index contributed by atoms with van der Waals surface area (Å²) in [6.07, 6.45) is 0. The van der Waals surface area contributed by atoms with Crippen LogP contribution in [0.15, 0.2) is 34.1 Å². The molecule has 0 aliphatic rings. The zero-order valence-electron chi connectivity index (χ0n) is 9.02. The lowest BCUT2D eigenvalue weighted by molar-refractivity contribution is -0.385. The first-order chi connectivity index (χ1) is 8.56. The predicted molar refractivity (Wildman–Crippen MR) is 72.4 cm³/mol. The maximum absolute atomic E-state index is 13.2. The van der Waals surface area contributed by atoms with Crippen LogP contribution in [0, 0.1) is 15.9 Å². The normalized spacial score (nSPS) is 10.3. The van der Waals surface area contributed by atoms with E-state index < -0.39 is 10.7 Å². The molecule has 0 saturated heterocycles. The fraction of sp³-hybridized carbons (Fsp3) is 0.0909. The smallest absolute Gasteiger partial charge is 0.274 e. The number of hydrogen-bond donors (Lipinski definition) is 1. The number of hydrogen-bond acceptors (Lipinski definition) is 4. The number of nitrogens with one attached hydrogen (secondary N) is 1. The molecule has 4 nitrogen and oxygen atoms in total. The Bertz CT molecular complexity index is 588. The van der Waals surface area contributed by atoms with Gasteiger partial charge in [-0.25, -0.2) is 4.39 Å². The summed E-state index contributed by atoms with van der Waals surface area (Å²) in [5.74, 6) is -0.628. The summed E-state index contributed by atoms with van der Waals surface area (Å²) in [6, 6.07) is 5.35. The molecule has 0 radical (unpaired) electrons. The van der Waals surface area contributed by atoms with Gasteiger partial charge in [0.05, 0.1) is 17.5 Å². The summed E-state index contributed by atoms with van der Waals surface area (Å²) < 4.78 is 14.1. The van der Waals surface area contributed by atoms with Crippen LogP contribution in [0.4, 0.5) is 15.8 Å². The summed E-state index contributed by atoms with van der Waals surface area (Å²) in [4.78, 5) is 11.0. The molecule has 0 saturated carbocycles. The molecule has 1 heterocycles. The van der Waals surface area contributed by atoms with E-state index in [1.165, 1.54) is 12.1 Å². The zero-order valence-corrected chi connectivity index (χ0v) is 11.4. The summed E-state index contributed by atoms with van der Waals surface area (Å²) >= 11 is 4.93. The van der Waals surface area contributed by atoms with Crippen molar-refractivity contribution in [3.8, 4) is 0 Å². The van der Waals surface area contributed by atoms with Gasteiger partial charge in [0.15, 0.2) is 0 Å². The molecule has 0 bridgehead atoms. The quantitative estimate of drug-likeness (QED) is 0.676. The zero-order chi connectivity index (χ0) is 13.1. The third-order valence-corrected chi connectivity index (χ3v) is 4.16. The second-order valence-corrected chi connectivity index (χ2v) is 5.36. The molecule has 0 unspecified atom stereocenters. The molecule has 0 aliphatic carbocycles. The average molecular weight is 331 g/mol. The highest BCUT2D eigenvalue weighted by atomic mass is 79.9. The highest BCUT2D eigenvalue weighted by Crippen LogP contribution is 2.25. The maximum Gasteiger partial charge on any atom is 0.274 e. The Morgan fingerprint density at radius 2 is 2.22 bits per heavy atom. The Labute approximate surface area is 115 Å². The summed E-state index contributed by atoms with van der Waals surface area (Å²) in [5.41, 5.74) is 0.129. The van der Waals surface area contributed by atoms with Crippen LogP contribution >= 0.6 is 27.3 Å². The van der Waals surface area contributed by atoms with Crippen LogP contribution in [-0.4, -0.2) is 4.92 Å². The Morgan fingerprint density at radius 3 is 2.83 bits per heavy atom. The Kier molecular flexibility index (Phi) is 3.93. The molecule has 7 heteroatoms. The van der Waals surface area contributed by atoms with Crippen LogP contribution in [0.5, 0.6) is 0 Å². The van der Waals surface area contributed by atoms with Gasteiger partial charge in [0.1, 0.15) is 5.82 Å². The second kappa shape index (κ2) is 5.45. The third kappa shape index (κ3) is 3.05. The van der Waals surface area contributed by atoms with Gasteiger partial charge in [-0.3, -0.25) is 10.1 Å². The van der Waals surface area contributed by atoms with Crippen LogP contribution < -0.4 is 5.32 Å². The standard InChI is InChI=1S/C11H8BrFN2O2S/c12-10-1-2-18-11(10)6-14-8-3-7(13)4-9(5-8)15(16)17/h1-5,14H,6H2. The fourth-order valence-corrected chi connectivity index (χ4v) is 2.85. The topological polar surface area (TPSA) is 55.2 Å². The lowest BCUT2D eigenvalue weighted by atomic mass is 10.2. The van der Waals surface area contributed by atoms with Crippen molar-refractivity contribution in [2.24, 2.45) is 0 Å². The van der Waals surface area contributed by atoms with Crippen molar-refractivity contribution in [3.63, 3.8) is 0 Å². The molecule has 1 N–H and O–H groups in total. The molecule has 0 aliphatic heterocycles. The first-order valence-electron chi connectivity index (χ1n) is 4.97. The van der Waals surface area contributed by atoms with Crippen molar-refractivity contribution in [1.82, 2.24) is 0 Å². The van der Waals surface area contributed by atoms with Gasteiger partial charge in [0.2, 0.25) is 0 Å². The van der Waals surface area contributed by atoms with Crippen molar-refractivity contribution >= 4 is 38.6 Å². The molecular formula is C11H8BrFN2O2S. The van der Waals surface area contributed by atoms with Crippen molar-refractivity contribution in [3.05, 3.63) is 54.9 Å². The molecule has 0 amide bonds. The molecule has 2 aromatic rings. The van der Waals surface area contributed by atoms with Gasteiger partial charge in [-0.1, -0.05) is 0 Å². The van der Waals surface area contributed by atoms with Gasteiger partial charge in [0.25, 0.3) is 5.69 Å². The molecule has 1 aromatic carbocycles. The van der Waals surface area contributed by atoms with E-state index in [0.29, 0.717) is 12.2 Å². The number of halogens is 2.